The van der Waals surface area contributed by atoms with Crippen molar-refractivity contribution in [2.24, 2.45) is 5.73 Å². The van der Waals surface area contributed by atoms with Gasteiger partial charge in [-0.05, 0) is 31.9 Å². The molecule has 0 aliphatic carbocycles. The second-order valence-corrected chi connectivity index (χ2v) is 4.66. The van der Waals surface area contributed by atoms with Crippen molar-refractivity contribution < 1.29 is 0 Å². The molecule has 0 aliphatic heterocycles. The van der Waals surface area contributed by atoms with Gasteiger partial charge in [-0.15, -0.1) is 0 Å². The Morgan fingerprint density at radius 3 is 2.78 bits per heavy atom. The molecule has 3 heteroatoms. The van der Waals surface area contributed by atoms with E-state index in [4.69, 9.17) is 5.73 Å². The lowest BCUT2D eigenvalue weighted by Gasteiger charge is -2.01. The minimum atomic E-state index is 0.784. The Morgan fingerprint density at radius 1 is 1.17 bits per heavy atom. The van der Waals surface area contributed by atoms with Crippen molar-refractivity contribution >= 4 is 0 Å². The first kappa shape index (κ1) is 12.8. The quantitative estimate of drug-likeness (QED) is 0.766. The van der Waals surface area contributed by atoms with Gasteiger partial charge in [0, 0.05) is 12.0 Å². The average molecular weight is 243 g/mol. The molecule has 1 heterocycles. The van der Waals surface area contributed by atoms with E-state index in [1.807, 2.05) is 6.20 Å². The summed E-state index contributed by atoms with van der Waals surface area (Å²) in [4.78, 5) is 7.85. The van der Waals surface area contributed by atoms with Crippen LogP contribution in [0.4, 0.5) is 0 Å². The van der Waals surface area contributed by atoms with E-state index < -0.39 is 0 Å². The molecule has 0 saturated heterocycles. The van der Waals surface area contributed by atoms with Crippen molar-refractivity contribution in [1.82, 2.24) is 9.97 Å². The molecule has 0 spiro atoms. The van der Waals surface area contributed by atoms with E-state index in [0.29, 0.717) is 0 Å². The zero-order valence-corrected chi connectivity index (χ0v) is 10.9. The fourth-order valence-corrected chi connectivity index (χ4v) is 2.12. The molecule has 3 nitrogen and oxygen atoms in total. The van der Waals surface area contributed by atoms with E-state index >= 15 is 0 Å². The van der Waals surface area contributed by atoms with E-state index in [0.717, 1.165) is 37.3 Å². The Hall–Kier alpha value is -1.61. The minimum Gasteiger partial charge on any atom is -0.342 e. The summed E-state index contributed by atoms with van der Waals surface area (Å²) in [6, 6.07) is 8.37. The summed E-state index contributed by atoms with van der Waals surface area (Å²) in [5.74, 6) is 1.07. The number of hydrogen-bond acceptors (Lipinski definition) is 2. The van der Waals surface area contributed by atoms with Crippen LogP contribution in [0.1, 0.15) is 30.7 Å². The molecule has 2 rings (SSSR count). The number of aromatic nitrogens is 2. The van der Waals surface area contributed by atoms with Gasteiger partial charge in [0.25, 0.3) is 0 Å². The lowest BCUT2D eigenvalue weighted by molar-refractivity contribution is 0.673. The Kier molecular flexibility index (Phi) is 4.53. The smallest absolute Gasteiger partial charge is 0.106 e. The van der Waals surface area contributed by atoms with Crippen LogP contribution < -0.4 is 5.73 Å². The van der Waals surface area contributed by atoms with Crippen molar-refractivity contribution in [3.05, 3.63) is 41.9 Å². The third kappa shape index (κ3) is 3.20. The van der Waals surface area contributed by atoms with E-state index in [1.165, 1.54) is 17.5 Å². The Morgan fingerprint density at radius 2 is 2.00 bits per heavy atom. The number of unbranched alkanes of at least 4 members (excludes halogenated alkanes) is 2. The van der Waals surface area contributed by atoms with Crippen LogP contribution in [0.5, 0.6) is 0 Å². The monoisotopic (exact) mass is 243 g/mol. The van der Waals surface area contributed by atoms with Gasteiger partial charge < -0.3 is 10.7 Å². The predicted molar refractivity (Wildman–Crippen MR) is 75.4 cm³/mol. The number of nitrogens with zero attached hydrogens (tertiary/aromatic N) is 1. The standard InChI is InChI=1S/C15H21N3/c1-12-7-4-5-8-13(12)14-11-17-15(18-14)9-3-2-6-10-16/h4-5,7-8,11H,2-3,6,9-10,16H2,1H3,(H,17,18). The number of benzene rings is 1. The highest BCUT2D eigenvalue weighted by atomic mass is 14.9. The summed E-state index contributed by atoms with van der Waals surface area (Å²) >= 11 is 0. The molecule has 2 aromatic rings. The molecule has 1 aromatic heterocycles. The summed E-state index contributed by atoms with van der Waals surface area (Å²) < 4.78 is 0. The highest BCUT2D eigenvalue weighted by molar-refractivity contribution is 5.62. The van der Waals surface area contributed by atoms with Gasteiger partial charge in [0.05, 0.1) is 11.9 Å². The topological polar surface area (TPSA) is 54.7 Å². The fourth-order valence-electron chi connectivity index (χ4n) is 2.12. The third-order valence-electron chi connectivity index (χ3n) is 3.18. The number of hydrogen-bond donors (Lipinski definition) is 2. The first-order valence-corrected chi connectivity index (χ1v) is 6.61. The molecule has 0 atom stereocenters. The molecule has 0 unspecified atom stereocenters. The van der Waals surface area contributed by atoms with Gasteiger partial charge in [-0.2, -0.15) is 0 Å². The molecule has 0 fully saturated rings. The number of aromatic amines is 1. The first-order valence-electron chi connectivity index (χ1n) is 6.61. The Balaban J connectivity index is 2.00. The van der Waals surface area contributed by atoms with Gasteiger partial charge in [-0.25, -0.2) is 4.98 Å². The van der Waals surface area contributed by atoms with Gasteiger partial charge in [-0.1, -0.05) is 30.7 Å². The van der Waals surface area contributed by atoms with Crippen molar-refractivity contribution in [3.63, 3.8) is 0 Å². The van der Waals surface area contributed by atoms with Gasteiger partial charge in [-0.3, -0.25) is 0 Å². The van der Waals surface area contributed by atoms with Crippen LogP contribution in [0, 0.1) is 6.92 Å². The summed E-state index contributed by atoms with van der Waals surface area (Å²) in [6.45, 7) is 2.91. The molecular weight excluding hydrogens is 222 g/mol. The summed E-state index contributed by atoms with van der Waals surface area (Å²) in [5, 5.41) is 0. The zero-order chi connectivity index (χ0) is 12.8. The van der Waals surface area contributed by atoms with Crippen LogP contribution in [-0.4, -0.2) is 16.5 Å². The molecule has 3 N–H and O–H groups in total. The second kappa shape index (κ2) is 6.36. The van der Waals surface area contributed by atoms with Gasteiger partial charge in [0.2, 0.25) is 0 Å². The first-order chi connectivity index (χ1) is 8.81. The molecule has 0 saturated carbocycles. The zero-order valence-electron chi connectivity index (χ0n) is 10.9. The normalized spacial score (nSPS) is 10.8. The van der Waals surface area contributed by atoms with Crippen molar-refractivity contribution in [1.29, 1.82) is 0 Å². The van der Waals surface area contributed by atoms with Gasteiger partial charge >= 0.3 is 0 Å². The number of imidazole rings is 1. The molecular formula is C15H21N3. The Labute approximate surface area is 108 Å². The molecule has 0 bridgehead atoms. The average Bonchev–Trinajstić information content (AvgIpc) is 2.84. The maximum atomic E-state index is 5.48. The largest absolute Gasteiger partial charge is 0.342 e. The minimum absolute atomic E-state index is 0.784. The van der Waals surface area contributed by atoms with E-state index in [2.05, 4.69) is 41.2 Å². The summed E-state index contributed by atoms with van der Waals surface area (Å²) in [6.07, 6.45) is 6.37. The molecule has 96 valence electrons. The van der Waals surface area contributed by atoms with Crippen molar-refractivity contribution in [3.8, 4) is 11.3 Å². The number of H-pyrrole nitrogens is 1. The number of rotatable bonds is 6. The molecule has 18 heavy (non-hydrogen) atoms. The van der Waals surface area contributed by atoms with Crippen molar-refractivity contribution in [2.75, 3.05) is 6.54 Å². The number of nitrogens with one attached hydrogen (secondary N) is 1. The summed E-state index contributed by atoms with van der Waals surface area (Å²) in [7, 11) is 0. The van der Waals surface area contributed by atoms with Crippen LogP contribution >= 0.6 is 0 Å². The Bertz CT molecular complexity index is 488. The number of aryl methyl sites for hydroxylation is 2. The second-order valence-electron chi connectivity index (χ2n) is 4.66. The molecule has 0 radical (unpaired) electrons. The maximum Gasteiger partial charge on any atom is 0.106 e. The van der Waals surface area contributed by atoms with E-state index in [9.17, 15) is 0 Å². The van der Waals surface area contributed by atoms with Crippen LogP contribution in [0.15, 0.2) is 30.5 Å². The van der Waals surface area contributed by atoms with E-state index in [1.54, 1.807) is 0 Å². The predicted octanol–water partition coefficient (Wildman–Crippen LogP) is 3.06. The maximum absolute atomic E-state index is 5.48. The third-order valence-corrected chi connectivity index (χ3v) is 3.18. The molecule has 0 amide bonds. The van der Waals surface area contributed by atoms with Crippen molar-refractivity contribution in [2.45, 2.75) is 32.6 Å². The van der Waals surface area contributed by atoms with E-state index in [-0.39, 0.29) is 0 Å². The fraction of sp³-hybridized carbons (Fsp3) is 0.400. The SMILES string of the molecule is Cc1ccccc1-c1cnc(CCCCCN)[nH]1. The van der Waals surface area contributed by atoms with Crippen LogP contribution in [0.3, 0.4) is 0 Å². The highest BCUT2D eigenvalue weighted by Crippen LogP contribution is 2.21. The van der Waals surface area contributed by atoms with Crippen LogP contribution in [0.25, 0.3) is 11.3 Å². The van der Waals surface area contributed by atoms with Crippen LogP contribution in [-0.2, 0) is 6.42 Å². The van der Waals surface area contributed by atoms with Gasteiger partial charge in [0.15, 0.2) is 0 Å². The lowest BCUT2D eigenvalue weighted by atomic mass is 10.1. The number of nitrogens with two attached hydrogens (primary N) is 1. The molecule has 0 aliphatic rings. The van der Waals surface area contributed by atoms with Crippen LogP contribution in [0.2, 0.25) is 0 Å². The summed E-state index contributed by atoms with van der Waals surface area (Å²) in [5.41, 5.74) is 9.10. The molecule has 1 aromatic carbocycles. The van der Waals surface area contributed by atoms with Gasteiger partial charge in [0.1, 0.15) is 5.82 Å². The lowest BCUT2D eigenvalue weighted by Crippen LogP contribution is -1.98. The highest BCUT2D eigenvalue weighted by Gasteiger charge is 2.05.